The molecule has 1 aliphatic rings. The van der Waals surface area contributed by atoms with Crippen molar-refractivity contribution >= 4 is 23.0 Å². The molecule has 3 nitrogen and oxygen atoms in total. The van der Waals surface area contributed by atoms with Gasteiger partial charge in [0, 0.05) is 5.69 Å². The van der Waals surface area contributed by atoms with E-state index >= 15 is 0 Å². The monoisotopic (exact) mass is 382 g/mol. The molecule has 1 aliphatic carbocycles. The average molecular weight is 383 g/mol. The Morgan fingerprint density at radius 2 is 1.81 bits per heavy atom. The van der Waals surface area contributed by atoms with Gasteiger partial charge < -0.3 is 15.4 Å². The summed E-state index contributed by atoms with van der Waals surface area (Å²) in [6.07, 6.45) is 6.26. The normalized spacial score (nSPS) is 15.4. The van der Waals surface area contributed by atoms with E-state index < -0.39 is 0 Å². The molecule has 1 unspecified atom stereocenters. The number of aryl methyl sites for hydroxylation is 2. The highest BCUT2D eigenvalue weighted by Crippen LogP contribution is 2.25. The van der Waals surface area contributed by atoms with E-state index in [1.54, 1.807) is 0 Å². The number of hydrogen-bond acceptors (Lipinski definition) is 2. The van der Waals surface area contributed by atoms with Gasteiger partial charge in [-0.15, -0.1) is 0 Å². The summed E-state index contributed by atoms with van der Waals surface area (Å²) < 4.78 is 6.02. The number of anilines is 1. The zero-order valence-corrected chi connectivity index (χ0v) is 17.4. The Hall–Kier alpha value is -2.07. The van der Waals surface area contributed by atoms with Crippen LogP contribution in [0.15, 0.2) is 42.5 Å². The maximum Gasteiger partial charge on any atom is 0.171 e. The molecule has 144 valence electrons. The molecule has 0 radical (unpaired) electrons. The molecule has 0 spiro atoms. The molecular weight excluding hydrogens is 352 g/mol. The van der Waals surface area contributed by atoms with E-state index in [2.05, 4.69) is 49.6 Å². The molecule has 2 N–H and O–H groups in total. The van der Waals surface area contributed by atoms with Crippen LogP contribution in [0.3, 0.4) is 0 Å². The summed E-state index contributed by atoms with van der Waals surface area (Å²) in [4.78, 5) is 0. The van der Waals surface area contributed by atoms with Gasteiger partial charge in [-0.25, -0.2) is 0 Å². The molecule has 2 aromatic rings. The van der Waals surface area contributed by atoms with Crippen molar-refractivity contribution in [2.75, 3.05) is 5.32 Å². The van der Waals surface area contributed by atoms with E-state index in [-0.39, 0.29) is 6.04 Å². The molecule has 3 rings (SSSR count). The van der Waals surface area contributed by atoms with Crippen LogP contribution in [-0.2, 0) is 0 Å². The topological polar surface area (TPSA) is 33.3 Å². The van der Waals surface area contributed by atoms with Gasteiger partial charge in [0.25, 0.3) is 0 Å². The summed E-state index contributed by atoms with van der Waals surface area (Å²) in [6, 6.07) is 14.9. The molecule has 0 aliphatic heterocycles. The maximum absolute atomic E-state index is 6.02. The molecular formula is C23H30N2OS. The van der Waals surface area contributed by atoms with Crippen LogP contribution in [0.2, 0.25) is 0 Å². The summed E-state index contributed by atoms with van der Waals surface area (Å²) in [5, 5.41) is 7.39. The molecule has 0 amide bonds. The lowest BCUT2D eigenvalue weighted by molar-refractivity contribution is 0.210. The second-order valence-electron chi connectivity index (χ2n) is 7.47. The van der Waals surface area contributed by atoms with Crippen molar-refractivity contribution in [2.24, 2.45) is 0 Å². The van der Waals surface area contributed by atoms with Gasteiger partial charge in [-0.2, -0.15) is 0 Å². The summed E-state index contributed by atoms with van der Waals surface area (Å²) in [6.45, 7) is 6.46. The smallest absolute Gasteiger partial charge is 0.171 e. The molecule has 1 saturated carbocycles. The van der Waals surface area contributed by atoms with E-state index in [9.17, 15) is 0 Å². The predicted octanol–water partition coefficient (Wildman–Crippen LogP) is 6.06. The van der Waals surface area contributed by atoms with Crippen LogP contribution in [0.5, 0.6) is 5.75 Å². The van der Waals surface area contributed by atoms with E-state index in [4.69, 9.17) is 17.0 Å². The molecule has 27 heavy (non-hydrogen) atoms. The first-order valence-corrected chi connectivity index (χ1v) is 10.4. The van der Waals surface area contributed by atoms with E-state index in [1.807, 2.05) is 24.3 Å². The lowest BCUT2D eigenvalue weighted by atomic mass is 9.98. The molecule has 0 saturated heterocycles. The number of ether oxygens (including phenoxy) is 1. The molecule has 2 aromatic carbocycles. The minimum atomic E-state index is 0.204. The Balaban J connectivity index is 1.57. The van der Waals surface area contributed by atoms with Gasteiger partial charge in [0.2, 0.25) is 0 Å². The molecule has 0 bridgehead atoms. The fourth-order valence-corrected chi connectivity index (χ4v) is 4.02. The second kappa shape index (κ2) is 9.23. The molecule has 1 atom stereocenters. The van der Waals surface area contributed by atoms with Crippen molar-refractivity contribution in [3.63, 3.8) is 0 Å². The maximum atomic E-state index is 6.02. The zero-order valence-electron chi connectivity index (χ0n) is 16.5. The van der Waals surface area contributed by atoms with Gasteiger partial charge in [0.1, 0.15) is 5.75 Å². The van der Waals surface area contributed by atoms with Crippen LogP contribution < -0.4 is 15.4 Å². The number of hydrogen-bond donors (Lipinski definition) is 2. The summed E-state index contributed by atoms with van der Waals surface area (Å²) >= 11 is 5.54. The van der Waals surface area contributed by atoms with E-state index in [0.717, 1.165) is 17.9 Å². The van der Waals surface area contributed by atoms with Crippen LogP contribution >= 0.6 is 12.2 Å². The molecule has 0 aromatic heterocycles. The van der Waals surface area contributed by atoms with Crippen molar-refractivity contribution in [1.82, 2.24) is 5.32 Å². The Labute approximate surface area is 168 Å². The summed E-state index contributed by atoms with van der Waals surface area (Å²) in [5.41, 5.74) is 4.85. The van der Waals surface area contributed by atoms with Crippen LogP contribution in [0, 0.1) is 13.8 Å². The molecule has 4 heteroatoms. The van der Waals surface area contributed by atoms with Crippen molar-refractivity contribution < 1.29 is 4.74 Å². The predicted molar refractivity (Wildman–Crippen MR) is 118 cm³/mol. The Morgan fingerprint density at radius 1 is 1.11 bits per heavy atom. The highest BCUT2D eigenvalue weighted by molar-refractivity contribution is 7.80. The third kappa shape index (κ3) is 5.46. The van der Waals surface area contributed by atoms with Crippen LogP contribution in [0.4, 0.5) is 5.69 Å². The Morgan fingerprint density at radius 3 is 2.44 bits per heavy atom. The molecule has 1 fully saturated rings. The largest absolute Gasteiger partial charge is 0.490 e. The van der Waals surface area contributed by atoms with Crippen molar-refractivity contribution in [3.05, 3.63) is 59.2 Å². The quantitative estimate of drug-likeness (QED) is 0.595. The first kappa shape index (κ1) is 19.7. The van der Waals surface area contributed by atoms with Crippen LogP contribution in [0.25, 0.3) is 0 Å². The Bertz CT molecular complexity index is 766. The minimum absolute atomic E-state index is 0.204. The summed E-state index contributed by atoms with van der Waals surface area (Å²) in [7, 11) is 0. The van der Waals surface area contributed by atoms with Crippen molar-refractivity contribution in [3.8, 4) is 5.75 Å². The van der Waals surface area contributed by atoms with Crippen LogP contribution in [-0.4, -0.2) is 11.2 Å². The van der Waals surface area contributed by atoms with E-state index in [1.165, 1.54) is 42.4 Å². The lowest BCUT2D eigenvalue weighted by Crippen LogP contribution is -2.32. The van der Waals surface area contributed by atoms with Gasteiger partial charge in [0.05, 0.1) is 12.1 Å². The summed E-state index contributed by atoms with van der Waals surface area (Å²) in [5.74, 6) is 0.938. The highest BCUT2D eigenvalue weighted by atomic mass is 32.1. The second-order valence-corrected chi connectivity index (χ2v) is 7.88. The van der Waals surface area contributed by atoms with Crippen molar-refractivity contribution in [1.29, 1.82) is 0 Å². The van der Waals surface area contributed by atoms with Crippen molar-refractivity contribution in [2.45, 2.75) is 65.0 Å². The first-order chi connectivity index (χ1) is 13.0. The number of benzene rings is 2. The highest BCUT2D eigenvalue weighted by Gasteiger charge is 2.16. The average Bonchev–Trinajstić information content (AvgIpc) is 3.15. The third-order valence-corrected chi connectivity index (χ3v) is 5.45. The Kier molecular flexibility index (Phi) is 6.73. The zero-order chi connectivity index (χ0) is 19.2. The van der Waals surface area contributed by atoms with Gasteiger partial charge in [-0.05, 0) is 93.6 Å². The number of rotatable bonds is 6. The number of nitrogens with one attached hydrogen (secondary N) is 2. The first-order valence-electron chi connectivity index (χ1n) is 9.96. The lowest BCUT2D eigenvalue weighted by Gasteiger charge is -2.22. The number of thiocarbonyl (C=S) groups is 1. The molecule has 0 heterocycles. The fourth-order valence-electron chi connectivity index (χ4n) is 3.76. The fraction of sp³-hybridized carbons (Fsp3) is 0.435. The van der Waals surface area contributed by atoms with Gasteiger partial charge in [-0.3, -0.25) is 0 Å². The van der Waals surface area contributed by atoms with Gasteiger partial charge in [-0.1, -0.05) is 30.7 Å². The van der Waals surface area contributed by atoms with Crippen LogP contribution in [0.1, 0.15) is 61.8 Å². The standard InChI is InChI=1S/C23H30N2OS/c1-4-22(21-14-9-16(2)15-17(21)3)25-23(27)24-18-10-12-20(13-11-18)26-19-7-5-6-8-19/h9-15,19,22H,4-8H2,1-3H3,(H2,24,25,27). The SMILES string of the molecule is CCC(NC(=S)Nc1ccc(OC2CCCC2)cc1)c1ccc(C)cc1C. The van der Waals surface area contributed by atoms with Gasteiger partial charge >= 0.3 is 0 Å². The minimum Gasteiger partial charge on any atom is -0.490 e. The van der Waals surface area contributed by atoms with E-state index in [0.29, 0.717) is 11.2 Å². The third-order valence-electron chi connectivity index (χ3n) is 5.23. The van der Waals surface area contributed by atoms with Gasteiger partial charge in [0.15, 0.2) is 5.11 Å².